The van der Waals surface area contributed by atoms with Gasteiger partial charge in [0.25, 0.3) is 0 Å². The molecule has 0 amide bonds. The fraction of sp³-hybridized carbons (Fsp3) is 0.250. The molecule has 0 saturated heterocycles. The minimum atomic E-state index is 0.170. The Labute approximate surface area is 110 Å². The van der Waals surface area contributed by atoms with Crippen molar-refractivity contribution in [1.29, 1.82) is 0 Å². The van der Waals surface area contributed by atoms with Crippen LogP contribution in [0.1, 0.15) is 18.2 Å². The van der Waals surface area contributed by atoms with Crippen LogP contribution in [0.2, 0.25) is 5.28 Å². The van der Waals surface area contributed by atoms with Gasteiger partial charge in [0.05, 0.1) is 24.1 Å². The highest BCUT2D eigenvalue weighted by Gasteiger charge is 2.05. The zero-order valence-electron chi connectivity index (χ0n) is 10.0. The minimum absolute atomic E-state index is 0.170. The van der Waals surface area contributed by atoms with Gasteiger partial charge < -0.3 is 11.1 Å². The molecule has 0 saturated carbocycles. The lowest BCUT2D eigenvalue weighted by molar-refractivity contribution is 0.962. The van der Waals surface area contributed by atoms with Gasteiger partial charge in [-0.15, -0.1) is 0 Å². The smallest absolute Gasteiger partial charge is 0.224 e. The first-order valence-corrected chi connectivity index (χ1v) is 6.03. The highest BCUT2D eigenvalue weighted by molar-refractivity contribution is 6.28. The fourth-order valence-electron chi connectivity index (χ4n) is 1.63. The quantitative estimate of drug-likeness (QED) is 0.828. The molecule has 6 heteroatoms. The number of halogens is 1. The van der Waals surface area contributed by atoms with E-state index in [0.29, 0.717) is 18.1 Å². The average Bonchev–Trinajstić information content (AvgIpc) is 2.40. The molecule has 2 aromatic rings. The Morgan fingerprint density at radius 3 is 3.00 bits per heavy atom. The third-order valence-corrected chi connectivity index (χ3v) is 2.76. The maximum absolute atomic E-state index is 5.76. The molecular formula is C12H14ClN5. The molecule has 0 fully saturated rings. The number of anilines is 2. The predicted octanol–water partition coefficient (Wildman–Crippen LogP) is 2.28. The second-order valence-electron chi connectivity index (χ2n) is 3.76. The standard InChI is InChI=1S/C12H14ClN5/c1-2-8-4-3-5-15-10(8)7-16-11-9(14)6-17-12(13)18-11/h3-6H,2,7,14H2,1H3,(H,16,17,18). The summed E-state index contributed by atoms with van der Waals surface area (Å²) in [6.45, 7) is 2.65. The molecule has 2 rings (SSSR count). The molecule has 5 nitrogen and oxygen atoms in total. The lowest BCUT2D eigenvalue weighted by atomic mass is 10.1. The van der Waals surface area contributed by atoms with Crippen LogP contribution >= 0.6 is 11.6 Å². The Hall–Kier alpha value is -1.88. The molecule has 94 valence electrons. The molecule has 0 aromatic carbocycles. The molecule has 0 atom stereocenters. The zero-order valence-corrected chi connectivity index (χ0v) is 10.8. The number of pyridine rings is 1. The van der Waals surface area contributed by atoms with Crippen molar-refractivity contribution in [2.45, 2.75) is 19.9 Å². The number of nitrogens with one attached hydrogen (secondary N) is 1. The Bertz CT molecular complexity index is 544. The van der Waals surface area contributed by atoms with Crippen molar-refractivity contribution >= 4 is 23.1 Å². The van der Waals surface area contributed by atoms with Gasteiger partial charge in [-0.3, -0.25) is 4.98 Å². The van der Waals surface area contributed by atoms with E-state index in [1.165, 1.54) is 11.8 Å². The second kappa shape index (κ2) is 5.64. The first kappa shape index (κ1) is 12.6. The molecule has 2 heterocycles. The lowest BCUT2D eigenvalue weighted by Gasteiger charge is -2.10. The summed E-state index contributed by atoms with van der Waals surface area (Å²) in [5, 5.41) is 3.29. The number of nitrogen functional groups attached to an aromatic ring is 1. The van der Waals surface area contributed by atoms with Crippen molar-refractivity contribution in [3.8, 4) is 0 Å². The summed E-state index contributed by atoms with van der Waals surface area (Å²) in [5.41, 5.74) is 8.40. The van der Waals surface area contributed by atoms with Crippen molar-refractivity contribution in [3.05, 3.63) is 41.1 Å². The van der Waals surface area contributed by atoms with Gasteiger partial charge >= 0.3 is 0 Å². The van der Waals surface area contributed by atoms with E-state index in [9.17, 15) is 0 Å². The van der Waals surface area contributed by atoms with Gasteiger partial charge in [0.1, 0.15) is 0 Å². The predicted molar refractivity (Wildman–Crippen MR) is 72.4 cm³/mol. The van der Waals surface area contributed by atoms with Crippen molar-refractivity contribution in [1.82, 2.24) is 15.0 Å². The molecule has 0 radical (unpaired) electrons. The maximum Gasteiger partial charge on any atom is 0.224 e. The van der Waals surface area contributed by atoms with E-state index in [0.717, 1.165) is 12.1 Å². The Kier molecular flexibility index (Phi) is 3.94. The summed E-state index contributed by atoms with van der Waals surface area (Å²) < 4.78 is 0. The molecule has 0 unspecified atom stereocenters. The van der Waals surface area contributed by atoms with E-state index < -0.39 is 0 Å². The zero-order chi connectivity index (χ0) is 13.0. The van der Waals surface area contributed by atoms with E-state index in [-0.39, 0.29) is 5.28 Å². The van der Waals surface area contributed by atoms with Crippen LogP contribution < -0.4 is 11.1 Å². The number of aryl methyl sites for hydroxylation is 1. The van der Waals surface area contributed by atoms with Crippen molar-refractivity contribution < 1.29 is 0 Å². The number of hydrogen-bond acceptors (Lipinski definition) is 5. The molecular weight excluding hydrogens is 250 g/mol. The Morgan fingerprint density at radius 2 is 2.22 bits per heavy atom. The maximum atomic E-state index is 5.76. The van der Waals surface area contributed by atoms with Gasteiger partial charge in [0.15, 0.2) is 5.82 Å². The van der Waals surface area contributed by atoms with Crippen LogP contribution in [0.5, 0.6) is 0 Å². The van der Waals surface area contributed by atoms with Crippen LogP contribution in [-0.2, 0) is 13.0 Å². The third kappa shape index (κ3) is 2.87. The highest BCUT2D eigenvalue weighted by Crippen LogP contribution is 2.17. The molecule has 2 aromatic heterocycles. The summed E-state index contributed by atoms with van der Waals surface area (Å²) in [5.74, 6) is 0.530. The lowest BCUT2D eigenvalue weighted by Crippen LogP contribution is -2.08. The van der Waals surface area contributed by atoms with Crippen LogP contribution in [0.25, 0.3) is 0 Å². The van der Waals surface area contributed by atoms with Crippen LogP contribution in [-0.4, -0.2) is 15.0 Å². The SMILES string of the molecule is CCc1cccnc1CNc1nc(Cl)ncc1N. The van der Waals surface area contributed by atoms with E-state index in [1.54, 1.807) is 6.20 Å². The number of aromatic nitrogens is 3. The van der Waals surface area contributed by atoms with Crippen LogP contribution in [0.3, 0.4) is 0 Å². The molecule has 0 aliphatic carbocycles. The molecule has 0 spiro atoms. The molecule has 0 aliphatic heterocycles. The van der Waals surface area contributed by atoms with Gasteiger partial charge in [-0.05, 0) is 29.7 Å². The van der Waals surface area contributed by atoms with Crippen molar-refractivity contribution in [3.63, 3.8) is 0 Å². The van der Waals surface area contributed by atoms with E-state index in [2.05, 4.69) is 33.3 Å². The van der Waals surface area contributed by atoms with Crippen LogP contribution in [0, 0.1) is 0 Å². The fourth-order valence-corrected chi connectivity index (χ4v) is 1.76. The van der Waals surface area contributed by atoms with Gasteiger partial charge in [0, 0.05) is 6.20 Å². The van der Waals surface area contributed by atoms with E-state index >= 15 is 0 Å². The van der Waals surface area contributed by atoms with E-state index in [1.807, 2.05) is 6.07 Å². The average molecular weight is 264 g/mol. The first-order valence-electron chi connectivity index (χ1n) is 5.65. The van der Waals surface area contributed by atoms with Gasteiger partial charge in [0.2, 0.25) is 5.28 Å². The van der Waals surface area contributed by atoms with Gasteiger partial charge in [-0.1, -0.05) is 13.0 Å². The summed E-state index contributed by atoms with van der Waals surface area (Å²) in [7, 11) is 0. The van der Waals surface area contributed by atoms with Crippen molar-refractivity contribution in [2.75, 3.05) is 11.1 Å². The largest absolute Gasteiger partial charge is 0.394 e. The molecule has 0 aliphatic rings. The Balaban J connectivity index is 2.14. The summed E-state index contributed by atoms with van der Waals surface area (Å²) in [6.07, 6.45) is 4.19. The van der Waals surface area contributed by atoms with E-state index in [4.69, 9.17) is 17.3 Å². The van der Waals surface area contributed by atoms with Gasteiger partial charge in [-0.2, -0.15) is 4.98 Å². The summed E-state index contributed by atoms with van der Waals surface area (Å²) in [6, 6.07) is 3.98. The van der Waals surface area contributed by atoms with Crippen LogP contribution in [0.15, 0.2) is 24.5 Å². The van der Waals surface area contributed by atoms with Crippen LogP contribution in [0.4, 0.5) is 11.5 Å². The summed E-state index contributed by atoms with van der Waals surface area (Å²) in [4.78, 5) is 12.2. The topological polar surface area (TPSA) is 76.7 Å². The normalized spacial score (nSPS) is 10.3. The number of rotatable bonds is 4. The number of nitrogens with two attached hydrogens (primary N) is 1. The number of hydrogen-bond donors (Lipinski definition) is 2. The minimum Gasteiger partial charge on any atom is -0.394 e. The number of nitrogens with zero attached hydrogens (tertiary/aromatic N) is 3. The molecule has 18 heavy (non-hydrogen) atoms. The highest BCUT2D eigenvalue weighted by atomic mass is 35.5. The summed E-state index contributed by atoms with van der Waals surface area (Å²) >= 11 is 5.72. The first-order chi connectivity index (χ1) is 8.70. The second-order valence-corrected chi connectivity index (χ2v) is 4.10. The van der Waals surface area contributed by atoms with Crippen molar-refractivity contribution in [2.24, 2.45) is 0 Å². The molecule has 3 N–H and O–H groups in total. The third-order valence-electron chi connectivity index (χ3n) is 2.58. The van der Waals surface area contributed by atoms with Gasteiger partial charge in [-0.25, -0.2) is 4.98 Å². The monoisotopic (exact) mass is 263 g/mol. The molecule has 0 bridgehead atoms. The Morgan fingerprint density at radius 1 is 1.39 bits per heavy atom.